The number of sulfonamides is 1. The lowest BCUT2D eigenvalue weighted by molar-refractivity contribution is -0.158. The summed E-state index contributed by atoms with van der Waals surface area (Å²) in [4.78, 5) is 14.7. The molecule has 2 saturated heterocycles. The maximum atomic E-state index is 13.1. The molecule has 1 amide bonds. The molecule has 162 valence electrons. The second-order valence-electron chi connectivity index (χ2n) is 8.50. The van der Waals surface area contributed by atoms with Crippen molar-refractivity contribution in [3.63, 3.8) is 0 Å². The highest BCUT2D eigenvalue weighted by Crippen LogP contribution is 2.44. The largest absolute Gasteiger partial charge is 0.394 e. The van der Waals surface area contributed by atoms with E-state index < -0.39 is 10.0 Å². The number of nitrogens with zero attached hydrogens (tertiary/aromatic N) is 2. The zero-order valence-corrected chi connectivity index (χ0v) is 18.0. The Bertz CT molecular complexity index is 1110. The molecule has 5 rings (SSSR count). The van der Waals surface area contributed by atoms with Gasteiger partial charge in [-0.05, 0) is 48.1 Å². The second-order valence-corrected chi connectivity index (χ2v) is 10.4. The molecule has 0 aromatic heterocycles. The Morgan fingerprint density at radius 1 is 1.03 bits per heavy atom. The summed E-state index contributed by atoms with van der Waals surface area (Å²) >= 11 is 0. The smallest absolute Gasteiger partial charge is 0.243 e. The number of hydrogen-bond donors (Lipinski definition) is 1. The number of carbonyl (C=O) groups is 1. The molecule has 2 aromatic rings. The third kappa shape index (κ3) is 3.41. The lowest BCUT2D eigenvalue weighted by atomic mass is 9.74. The van der Waals surface area contributed by atoms with Gasteiger partial charge in [0.15, 0.2) is 0 Å². The molecule has 7 heteroatoms. The van der Waals surface area contributed by atoms with Crippen molar-refractivity contribution in [1.29, 1.82) is 0 Å². The topological polar surface area (TPSA) is 77.9 Å². The van der Waals surface area contributed by atoms with Crippen LogP contribution >= 0.6 is 0 Å². The Kier molecular flexibility index (Phi) is 5.20. The fourth-order valence-electron chi connectivity index (χ4n) is 5.25. The van der Waals surface area contributed by atoms with Gasteiger partial charge in [-0.3, -0.25) is 4.79 Å². The van der Waals surface area contributed by atoms with Gasteiger partial charge in [0, 0.05) is 12.5 Å². The summed E-state index contributed by atoms with van der Waals surface area (Å²) in [5.74, 6) is -0.340. The molecular formula is C24H26N2O4S. The molecule has 0 unspecified atom stereocenters. The quantitative estimate of drug-likeness (QED) is 0.779. The van der Waals surface area contributed by atoms with Crippen LogP contribution in [0.4, 0.5) is 0 Å². The van der Waals surface area contributed by atoms with Crippen LogP contribution in [0, 0.1) is 0 Å². The van der Waals surface area contributed by atoms with Gasteiger partial charge in [0.25, 0.3) is 0 Å². The second kappa shape index (κ2) is 7.89. The first-order valence-corrected chi connectivity index (χ1v) is 12.2. The number of aliphatic hydroxyl groups is 1. The van der Waals surface area contributed by atoms with Crippen LogP contribution in [0.5, 0.6) is 0 Å². The average molecular weight is 439 g/mol. The minimum atomic E-state index is -3.75. The fraction of sp³-hybridized carbons (Fsp3) is 0.375. The molecule has 2 aliphatic heterocycles. The summed E-state index contributed by atoms with van der Waals surface area (Å²) < 4.78 is 27.5. The van der Waals surface area contributed by atoms with Crippen molar-refractivity contribution in [2.75, 3.05) is 19.7 Å². The zero-order valence-electron chi connectivity index (χ0n) is 17.2. The van der Waals surface area contributed by atoms with Gasteiger partial charge in [0.2, 0.25) is 15.9 Å². The van der Waals surface area contributed by atoms with E-state index in [0.717, 1.165) is 18.4 Å². The lowest BCUT2D eigenvalue weighted by Gasteiger charge is -2.58. The normalized spacial score (nSPS) is 26.4. The van der Waals surface area contributed by atoms with Gasteiger partial charge in [-0.1, -0.05) is 48.5 Å². The number of rotatable bonds is 5. The molecule has 2 fully saturated rings. The average Bonchev–Trinajstić information content (AvgIpc) is 3.31. The predicted molar refractivity (Wildman–Crippen MR) is 118 cm³/mol. The molecule has 0 bridgehead atoms. The fourth-order valence-corrected chi connectivity index (χ4v) is 6.68. The van der Waals surface area contributed by atoms with Crippen molar-refractivity contribution in [2.24, 2.45) is 0 Å². The summed E-state index contributed by atoms with van der Waals surface area (Å²) in [7, 11) is -3.75. The first kappa shape index (κ1) is 20.4. The predicted octanol–water partition coefficient (Wildman–Crippen LogP) is 2.61. The number of aliphatic hydroxyl groups excluding tert-OH is 1. The maximum Gasteiger partial charge on any atom is 0.243 e. The highest BCUT2D eigenvalue weighted by Gasteiger charge is 2.55. The van der Waals surface area contributed by atoms with Crippen LogP contribution in [0.1, 0.15) is 36.3 Å². The van der Waals surface area contributed by atoms with Crippen LogP contribution < -0.4 is 0 Å². The standard InChI is InChI=1S/C24H26N2O4S/c27-16-22-24(19-12-10-18(11-13-19)17-6-4-5-7-17)21-14-25(15-23(28)26(21)22)31(29,30)20-8-2-1-3-9-20/h1-3,6,8-13,21-22,24,27H,4-5,7,14-16H2/t21-,22+,24+/m0/s1. The van der Waals surface area contributed by atoms with Gasteiger partial charge in [-0.2, -0.15) is 4.31 Å². The SMILES string of the molecule is O=C1CN(S(=O)(=O)c2ccccc2)C[C@H]2[C@@H](c3ccc(C4=CCCC4)cc3)[C@@H](CO)N12. The zero-order chi connectivity index (χ0) is 21.6. The number of fused-ring (bicyclic) bond motifs is 1. The van der Waals surface area contributed by atoms with Gasteiger partial charge in [-0.25, -0.2) is 8.42 Å². The van der Waals surface area contributed by atoms with E-state index in [1.807, 2.05) is 0 Å². The Hall–Kier alpha value is -2.48. The number of amides is 1. The van der Waals surface area contributed by atoms with Gasteiger partial charge in [0.05, 0.1) is 30.1 Å². The van der Waals surface area contributed by atoms with Crippen molar-refractivity contribution < 1.29 is 18.3 Å². The molecule has 6 nitrogen and oxygen atoms in total. The maximum absolute atomic E-state index is 13.1. The number of allylic oxidation sites excluding steroid dienone is 2. The van der Waals surface area contributed by atoms with Crippen molar-refractivity contribution in [3.8, 4) is 0 Å². The molecule has 1 aliphatic carbocycles. The molecule has 31 heavy (non-hydrogen) atoms. The molecule has 3 aliphatic rings. The number of carbonyl (C=O) groups excluding carboxylic acids is 1. The molecule has 0 spiro atoms. The van der Waals surface area contributed by atoms with Crippen LogP contribution in [0.2, 0.25) is 0 Å². The van der Waals surface area contributed by atoms with E-state index in [1.165, 1.54) is 21.9 Å². The monoisotopic (exact) mass is 438 g/mol. The molecule has 1 N–H and O–H groups in total. The summed E-state index contributed by atoms with van der Waals surface area (Å²) in [5.41, 5.74) is 3.62. The molecule has 2 aromatic carbocycles. The highest BCUT2D eigenvalue weighted by atomic mass is 32.2. The van der Waals surface area contributed by atoms with Crippen LogP contribution in [-0.2, 0) is 14.8 Å². The highest BCUT2D eigenvalue weighted by molar-refractivity contribution is 7.89. The van der Waals surface area contributed by atoms with E-state index in [0.29, 0.717) is 0 Å². The van der Waals surface area contributed by atoms with Crippen LogP contribution in [-0.4, -0.2) is 60.4 Å². The molecule has 3 atom stereocenters. The molecular weight excluding hydrogens is 412 g/mol. The molecule has 0 radical (unpaired) electrons. The van der Waals surface area contributed by atoms with E-state index in [1.54, 1.807) is 35.2 Å². The van der Waals surface area contributed by atoms with Crippen LogP contribution in [0.25, 0.3) is 5.57 Å². The first-order valence-electron chi connectivity index (χ1n) is 10.8. The third-order valence-electron chi connectivity index (χ3n) is 6.81. The number of hydrogen-bond acceptors (Lipinski definition) is 4. The van der Waals surface area contributed by atoms with E-state index in [2.05, 4.69) is 30.3 Å². The van der Waals surface area contributed by atoms with Gasteiger partial charge in [-0.15, -0.1) is 0 Å². The van der Waals surface area contributed by atoms with Crippen molar-refractivity contribution in [2.45, 2.75) is 42.2 Å². The minimum Gasteiger partial charge on any atom is -0.394 e. The summed E-state index contributed by atoms with van der Waals surface area (Å²) in [6, 6.07) is 16.0. The molecule has 2 heterocycles. The van der Waals surface area contributed by atoms with E-state index in [9.17, 15) is 18.3 Å². The Morgan fingerprint density at radius 2 is 1.77 bits per heavy atom. The molecule has 0 saturated carbocycles. The van der Waals surface area contributed by atoms with Crippen molar-refractivity contribution in [1.82, 2.24) is 9.21 Å². The van der Waals surface area contributed by atoms with Crippen LogP contribution in [0.15, 0.2) is 65.6 Å². The van der Waals surface area contributed by atoms with Crippen molar-refractivity contribution in [3.05, 3.63) is 71.8 Å². The van der Waals surface area contributed by atoms with Gasteiger partial charge in [0.1, 0.15) is 0 Å². The van der Waals surface area contributed by atoms with Crippen LogP contribution in [0.3, 0.4) is 0 Å². The number of piperazine rings is 1. The Balaban J connectivity index is 1.41. The first-order chi connectivity index (χ1) is 15.0. The van der Waals surface area contributed by atoms with E-state index in [-0.39, 0.29) is 48.5 Å². The van der Waals surface area contributed by atoms with Crippen molar-refractivity contribution >= 4 is 21.5 Å². The summed E-state index contributed by atoms with van der Waals surface area (Å²) in [5, 5.41) is 9.97. The number of benzene rings is 2. The summed E-state index contributed by atoms with van der Waals surface area (Å²) in [6.07, 6.45) is 5.69. The summed E-state index contributed by atoms with van der Waals surface area (Å²) in [6.45, 7) is -0.0909. The minimum absolute atomic E-state index is 0.0886. The van der Waals surface area contributed by atoms with E-state index >= 15 is 0 Å². The van der Waals surface area contributed by atoms with Gasteiger partial charge < -0.3 is 10.0 Å². The Morgan fingerprint density at radius 3 is 2.42 bits per heavy atom. The lowest BCUT2D eigenvalue weighted by Crippen LogP contribution is -2.73. The Labute approximate surface area is 182 Å². The third-order valence-corrected chi connectivity index (χ3v) is 8.64. The van der Waals surface area contributed by atoms with Gasteiger partial charge >= 0.3 is 0 Å². The van der Waals surface area contributed by atoms with E-state index in [4.69, 9.17) is 0 Å².